The summed E-state index contributed by atoms with van der Waals surface area (Å²) in [5.74, 6) is -0.529. The van der Waals surface area contributed by atoms with Gasteiger partial charge in [-0.15, -0.1) is 0 Å². The SMILES string of the molecule is C=C(/C=C\C(OC)=C(/C)OCC)[C@@H](CS(C)(=O)=O)N1C(=O)c2c(NC(C)=O)cccc2C1O. The second kappa shape index (κ2) is 10.7. The fourth-order valence-corrected chi connectivity index (χ4v) is 4.53. The van der Waals surface area contributed by atoms with E-state index in [-0.39, 0.29) is 28.3 Å². The molecular formula is C23H30N2O7S. The maximum atomic E-state index is 13.3. The molecule has 2 N–H and O–H groups in total. The Morgan fingerprint density at radius 3 is 2.55 bits per heavy atom. The Labute approximate surface area is 194 Å². The number of benzene rings is 1. The lowest BCUT2D eigenvalue weighted by Gasteiger charge is -2.31. The molecule has 2 atom stereocenters. The number of fused-ring (bicyclic) bond motifs is 1. The minimum atomic E-state index is -3.58. The van der Waals surface area contributed by atoms with Crippen molar-refractivity contribution in [1.82, 2.24) is 4.90 Å². The molecule has 1 aliphatic heterocycles. The van der Waals surface area contributed by atoms with Gasteiger partial charge in [0.15, 0.2) is 12.0 Å². The Balaban J connectivity index is 2.49. The van der Waals surface area contributed by atoms with Crippen LogP contribution in [-0.4, -0.2) is 62.0 Å². The standard InChI is InChI=1S/C23H30N2O7S/c1-7-32-15(3)20(31-5)12-11-14(2)19(13-33(6,29)30)25-22(27)17-9-8-10-18(24-16(4)26)21(17)23(25)28/h8-12,19,22,27H,2,7,13H2,1,3-6H3,(H,24,26)/b12-11-,20-15-/t19-,22?/m1/s1. The minimum absolute atomic E-state index is 0.111. The lowest BCUT2D eigenvalue weighted by Crippen LogP contribution is -2.43. The van der Waals surface area contributed by atoms with Crippen LogP contribution in [0.5, 0.6) is 0 Å². The van der Waals surface area contributed by atoms with E-state index in [1.165, 1.54) is 20.1 Å². The van der Waals surface area contributed by atoms with Crippen molar-refractivity contribution in [3.05, 3.63) is 65.1 Å². The van der Waals surface area contributed by atoms with E-state index in [2.05, 4.69) is 11.9 Å². The van der Waals surface area contributed by atoms with Crippen LogP contribution >= 0.6 is 0 Å². The van der Waals surface area contributed by atoms with Crippen LogP contribution in [0.2, 0.25) is 0 Å². The van der Waals surface area contributed by atoms with E-state index in [4.69, 9.17) is 9.47 Å². The summed E-state index contributed by atoms with van der Waals surface area (Å²) in [6, 6.07) is 3.62. The molecule has 0 fully saturated rings. The molecule has 0 bridgehead atoms. The molecule has 0 saturated carbocycles. The van der Waals surface area contributed by atoms with Crippen LogP contribution in [0.25, 0.3) is 0 Å². The van der Waals surface area contributed by atoms with Crippen molar-refractivity contribution in [3.63, 3.8) is 0 Å². The third-order valence-electron chi connectivity index (χ3n) is 5.00. The molecular weight excluding hydrogens is 448 g/mol. The number of carbonyl (C=O) groups is 2. The van der Waals surface area contributed by atoms with Gasteiger partial charge in [0.05, 0.1) is 36.8 Å². The predicted octanol–water partition coefficient (Wildman–Crippen LogP) is 2.53. The molecule has 0 aliphatic carbocycles. The van der Waals surface area contributed by atoms with Gasteiger partial charge in [-0.3, -0.25) is 9.59 Å². The Kier molecular flexibility index (Phi) is 8.45. The van der Waals surface area contributed by atoms with Gasteiger partial charge in [-0.1, -0.05) is 24.8 Å². The van der Waals surface area contributed by atoms with Gasteiger partial charge in [0.1, 0.15) is 15.6 Å². The Morgan fingerprint density at radius 1 is 1.33 bits per heavy atom. The number of aliphatic hydroxyl groups excluding tert-OH is 1. The van der Waals surface area contributed by atoms with Gasteiger partial charge in [0.2, 0.25) is 5.91 Å². The molecule has 33 heavy (non-hydrogen) atoms. The average Bonchev–Trinajstić information content (AvgIpc) is 2.97. The van der Waals surface area contributed by atoms with E-state index in [0.717, 1.165) is 11.2 Å². The van der Waals surface area contributed by atoms with Gasteiger partial charge in [0.25, 0.3) is 5.91 Å². The monoisotopic (exact) mass is 478 g/mol. The van der Waals surface area contributed by atoms with E-state index < -0.39 is 33.8 Å². The van der Waals surface area contributed by atoms with Crippen LogP contribution < -0.4 is 5.32 Å². The van der Waals surface area contributed by atoms with Crippen LogP contribution in [0.4, 0.5) is 5.69 Å². The molecule has 180 valence electrons. The summed E-state index contributed by atoms with van der Waals surface area (Å²) in [4.78, 5) is 26.0. The molecule has 9 nitrogen and oxygen atoms in total. The average molecular weight is 479 g/mol. The number of methoxy groups -OCH3 is 1. The number of allylic oxidation sites excluding steroid dienone is 2. The van der Waals surface area contributed by atoms with Crippen molar-refractivity contribution < 1.29 is 32.6 Å². The molecule has 1 aliphatic rings. The molecule has 0 saturated heterocycles. The van der Waals surface area contributed by atoms with Crippen LogP contribution in [-0.2, 0) is 24.1 Å². The highest BCUT2D eigenvalue weighted by Gasteiger charge is 2.43. The molecule has 2 rings (SSSR count). The third kappa shape index (κ3) is 6.23. The van der Waals surface area contributed by atoms with E-state index in [1.807, 2.05) is 6.92 Å². The van der Waals surface area contributed by atoms with Gasteiger partial charge < -0.3 is 24.8 Å². The van der Waals surface area contributed by atoms with Gasteiger partial charge >= 0.3 is 0 Å². The molecule has 1 aromatic carbocycles. The second-order valence-electron chi connectivity index (χ2n) is 7.61. The van der Waals surface area contributed by atoms with Crippen molar-refractivity contribution in [2.24, 2.45) is 0 Å². The highest BCUT2D eigenvalue weighted by atomic mass is 32.2. The van der Waals surface area contributed by atoms with Crippen LogP contribution in [0.1, 0.15) is 42.9 Å². The fraction of sp³-hybridized carbons (Fsp3) is 0.391. The smallest absolute Gasteiger partial charge is 0.259 e. The largest absolute Gasteiger partial charge is 0.495 e. The Bertz CT molecular complexity index is 1110. The first-order valence-electron chi connectivity index (χ1n) is 10.2. The molecule has 0 aromatic heterocycles. The number of nitrogens with zero attached hydrogens (tertiary/aromatic N) is 1. The zero-order valence-electron chi connectivity index (χ0n) is 19.4. The number of aliphatic hydroxyl groups is 1. The fourth-order valence-electron chi connectivity index (χ4n) is 3.58. The number of anilines is 1. The van der Waals surface area contributed by atoms with E-state index in [9.17, 15) is 23.1 Å². The predicted molar refractivity (Wildman–Crippen MR) is 125 cm³/mol. The summed E-state index contributed by atoms with van der Waals surface area (Å²) >= 11 is 0. The highest BCUT2D eigenvalue weighted by Crippen LogP contribution is 2.39. The Morgan fingerprint density at radius 2 is 2.00 bits per heavy atom. The zero-order valence-corrected chi connectivity index (χ0v) is 20.2. The normalized spacial score (nSPS) is 17.5. The first-order valence-corrected chi connectivity index (χ1v) is 12.3. The molecule has 0 radical (unpaired) electrons. The number of sulfone groups is 1. The van der Waals surface area contributed by atoms with E-state index in [0.29, 0.717) is 18.1 Å². The topological polar surface area (TPSA) is 122 Å². The van der Waals surface area contributed by atoms with Crippen LogP contribution in [0.3, 0.4) is 0 Å². The number of nitrogens with one attached hydrogen (secondary N) is 1. The number of amides is 2. The Hall–Kier alpha value is -3.11. The van der Waals surface area contributed by atoms with Crippen LogP contribution in [0.15, 0.2) is 54.0 Å². The summed E-state index contributed by atoms with van der Waals surface area (Å²) in [7, 11) is -2.11. The summed E-state index contributed by atoms with van der Waals surface area (Å²) in [6.45, 7) is 9.24. The van der Waals surface area contributed by atoms with Crippen molar-refractivity contribution in [2.75, 3.05) is 31.0 Å². The molecule has 0 spiro atoms. The van der Waals surface area contributed by atoms with Crippen molar-refractivity contribution in [1.29, 1.82) is 0 Å². The molecule has 2 amide bonds. The molecule has 1 heterocycles. The van der Waals surface area contributed by atoms with Crippen molar-refractivity contribution in [3.8, 4) is 0 Å². The maximum Gasteiger partial charge on any atom is 0.259 e. The van der Waals surface area contributed by atoms with E-state index in [1.54, 1.807) is 31.2 Å². The van der Waals surface area contributed by atoms with E-state index >= 15 is 0 Å². The van der Waals surface area contributed by atoms with Gasteiger partial charge in [-0.25, -0.2) is 8.42 Å². The summed E-state index contributed by atoms with van der Waals surface area (Å²) < 4.78 is 35.1. The number of hydrogen-bond donors (Lipinski definition) is 2. The van der Waals surface area contributed by atoms with Crippen molar-refractivity contribution >= 4 is 27.3 Å². The number of ether oxygens (including phenoxy) is 2. The van der Waals surface area contributed by atoms with Gasteiger partial charge in [-0.05, 0) is 31.6 Å². The number of hydrogen-bond acceptors (Lipinski definition) is 7. The summed E-state index contributed by atoms with van der Waals surface area (Å²) in [5.41, 5.74) is 0.884. The molecule has 1 unspecified atom stereocenters. The first-order chi connectivity index (χ1) is 15.4. The zero-order chi connectivity index (χ0) is 24.9. The number of rotatable bonds is 10. The first kappa shape index (κ1) is 26.1. The van der Waals surface area contributed by atoms with Gasteiger partial charge in [-0.2, -0.15) is 0 Å². The lowest BCUT2D eigenvalue weighted by molar-refractivity contribution is -0.114. The van der Waals surface area contributed by atoms with Gasteiger partial charge in [0, 0.05) is 18.7 Å². The summed E-state index contributed by atoms with van der Waals surface area (Å²) in [5, 5.41) is 13.5. The lowest BCUT2D eigenvalue weighted by atomic mass is 10.1. The second-order valence-corrected chi connectivity index (χ2v) is 9.80. The maximum absolute atomic E-state index is 13.3. The van der Waals surface area contributed by atoms with Crippen molar-refractivity contribution in [2.45, 2.75) is 33.0 Å². The highest BCUT2D eigenvalue weighted by molar-refractivity contribution is 7.90. The summed E-state index contributed by atoms with van der Waals surface area (Å²) in [6.07, 6.45) is 2.71. The molecule has 1 aromatic rings. The number of carbonyl (C=O) groups excluding carboxylic acids is 2. The minimum Gasteiger partial charge on any atom is -0.495 e. The third-order valence-corrected chi connectivity index (χ3v) is 5.92. The molecule has 10 heteroatoms. The quantitative estimate of drug-likeness (QED) is 0.391. The van der Waals surface area contributed by atoms with Crippen LogP contribution in [0, 0.1) is 0 Å².